The molecule has 1 aliphatic carbocycles. The molecule has 1 amide bonds. The molecule has 1 fully saturated rings. The summed E-state index contributed by atoms with van der Waals surface area (Å²) < 4.78 is 47.6. The standard InChI is InChI=1S/C22H29F3N2O3/c1-13-8-14(2)10-16(9-13)30-12-19(28)27-21(29,22(23,24)25)17-11-15(20(3,4)5)6-7-18(17)26-27/h8-10,15,17,29H,6-7,11-12H2,1-5H3/t15-,17-,21+/m0/s1. The third-order valence-electron chi connectivity index (χ3n) is 6.14. The van der Waals surface area contributed by atoms with Gasteiger partial charge in [-0.2, -0.15) is 23.3 Å². The lowest BCUT2D eigenvalue weighted by molar-refractivity contribution is -0.318. The molecule has 8 heteroatoms. The lowest BCUT2D eigenvalue weighted by atomic mass is 9.66. The van der Waals surface area contributed by atoms with E-state index in [2.05, 4.69) is 5.10 Å². The molecule has 0 bridgehead atoms. The van der Waals surface area contributed by atoms with Crippen LogP contribution in [0.25, 0.3) is 0 Å². The number of halogens is 3. The van der Waals surface area contributed by atoms with Crippen LogP contribution >= 0.6 is 0 Å². The van der Waals surface area contributed by atoms with Crippen LogP contribution in [0, 0.1) is 31.1 Å². The van der Waals surface area contributed by atoms with Crippen LogP contribution in [0.5, 0.6) is 5.75 Å². The van der Waals surface area contributed by atoms with E-state index in [1.807, 2.05) is 40.7 Å². The van der Waals surface area contributed by atoms with Gasteiger partial charge in [-0.1, -0.05) is 26.8 Å². The van der Waals surface area contributed by atoms with E-state index in [0.717, 1.165) is 11.1 Å². The number of aryl methyl sites for hydroxylation is 2. The van der Waals surface area contributed by atoms with Crippen molar-refractivity contribution in [3.8, 4) is 5.75 Å². The van der Waals surface area contributed by atoms with E-state index in [0.29, 0.717) is 18.6 Å². The number of fused-ring (bicyclic) bond motifs is 1. The Morgan fingerprint density at radius 2 is 1.83 bits per heavy atom. The summed E-state index contributed by atoms with van der Waals surface area (Å²) in [6.07, 6.45) is -3.92. The summed E-state index contributed by atoms with van der Waals surface area (Å²) in [7, 11) is 0. The van der Waals surface area contributed by atoms with Gasteiger partial charge in [-0.3, -0.25) is 4.79 Å². The van der Waals surface area contributed by atoms with Crippen LogP contribution in [0.3, 0.4) is 0 Å². The summed E-state index contributed by atoms with van der Waals surface area (Å²) in [6.45, 7) is 8.99. The Labute approximate surface area is 174 Å². The third-order valence-corrected chi connectivity index (χ3v) is 6.14. The fourth-order valence-electron chi connectivity index (χ4n) is 4.48. The number of alkyl halides is 3. The second-order valence-corrected chi connectivity index (χ2v) is 9.52. The maximum atomic E-state index is 14.1. The predicted octanol–water partition coefficient (Wildman–Crippen LogP) is 4.59. The first-order chi connectivity index (χ1) is 13.7. The minimum Gasteiger partial charge on any atom is -0.484 e. The van der Waals surface area contributed by atoms with Crippen LogP contribution in [-0.4, -0.2) is 40.2 Å². The number of hydrogen-bond acceptors (Lipinski definition) is 4. The van der Waals surface area contributed by atoms with Crippen molar-refractivity contribution in [2.24, 2.45) is 22.4 Å². The molecule has 0 unspecified atom stereocenters. The Bertz CT molecular complexity index is 840. The maximum Gasteiger partial charge on any atom is 0.439 e. The normalized spacial score (nSPS) is 27.0. The number of rotatable bonds is 3. The Morgan fingerprint density at radius 3 is 2.37 bits per heavy atom. The first-order valence-electron chi connectivity index (χ1n) is 10.1. The van der Waals surface area contributed by atoms with Gasteiger partial charge in [0.1, 0.15) is 5.75 Å². The van der Waals surface area contributed by atoms with Gasteiger partial charge in [0.2, 0.25) is 0 Å². The number of hydrazone groups is 1. The Kier molecular flexibility index (Phi) is 5.69. The van der Waals surface area contributed by atoms with Crippen molar-refractivity contribution in [3.63, 3.8) is 0 Å². The fraction of sp³-hybridized carbons (Fsp3) is 0.636. The molecule has 1 heterocycles. The average Bonchev–Trinajstić information content (AvgIpc) is 2.92. The SMILES string of the molecule is Cc1cc(C)cc(OCC(=O)N2N=C3CC[C@H](C(C)(C)C)C[C@@H]3[C@@]2(O)C(F)(F)F)c1. The van der Waals surface area contributed by atoms with E-state index >= 15 is 0 Å². The molecule has 1 saturated carbocycles. The van der Waals surface area contributed by atoms with Crippen molar-refractivity contribution in [1.29, 1.82) is 0 Å². The van der Waals surface area contributed by atoms with Gasteiger partial charge in [0.25, 0.3) is 11.6 Å². The number of amides is 1. The van der Waals surface area contributed by atoms with Gasteiger partial charge in [0.15, 0.2) is 6.61 Å². The molecule has 1 aromatic carbocycles. The summed E-state index contributed by atoms with van der Waals surface area (Å²) in [4.78, 5) is 12.7. The molecule has 5 nitrogen and oxygen atoms in total. The van der Waals surface area contributed by atoms with Gasteiger partial charge >= 0.3 is 6.18 Å². The first-order valence-corrected chi connectivity index (χ1v) is 10.1. The Hall–Kier alpha value is -2.09. The quantitative estimate of drug-likeness (QED) is 0.769. The summed E-state index contributed by atoms with van der Waals surface area (Å²) >= 11 is 0. The van der Waals surface area contributed by atoms with Gasteiger partial charge in [-0.25, -0.2) is 0 Å². The minimum atomic E-state index is -5.04. The number of carbonyl (C=O) groups is 1. The topological polar surface area (TPSA) is 62.1 Å². The lowest BCUT2D eigenvalue weighted by Crippen LogP contribution is -2.62. The van der Waals surface area contributed by atoms with Crippen LogP contribution in [0.2, 0.25) is 0 Å². The number of aliphatic hydroxyl groups is 1. The van der Waals surface area contributed by atoms with E-state index in [1.165, 1.54) is 0 Å². The zero-order valence-electron chi connectivity index (χ0n) is 18.0. The minimum absolute atomic E-state index is 0.0168. The van der Waals surface area contributed by atoms with E-state index in [4.69, 9.17) is 4.74 Å². The second kappa shape index (κ2) is 7.55. The van der Waals surface area contributed by atoms with Crippen LogP contribution in [-0.2, 0) is 4.79 Å². The molecular weight excluding hydrogens is 397 g/mol. The number of ether oxygens (including phenoxy) is 1. The smallest absolute Gasteiger partial charge is 0.439 e. The van der Waals surface area contributed by atoms with Crippen molar-refractivity contribution in [1.82, 2.24) is 5.01 Å². The molecule has 0 saturated heterocycles. The summed E-state index contributed by atoms with van der Waals surface area (Å²) in [5, 5.41) is 15.0. The zero-order valence-corrected chi connectivity index (χ0v) is 18.0. The highest BCUT2D eigenvalue weighted by Crippen LogP contribution is 2.51. The molecule has 1 aliphatic heterocycles. The predicted molar refractivity (Wildman–Crippen MR) is 107 cm³/mol. The first kappa shape index (κ1) is 22.6. The molecule has 0 radical (unpaired) electrons. The largest absolute Gasteiger partial charge is 0.484 e. The van der Waals surface area contributed by atoms with Crippen LogP contribution in [0.1, 0.15) is 51.2 Å². The highest BCUT2D eigenvalue weighted by molar-refractivity contribution is 5.93. The molecule has 1 aromatic rings. The monoisotopic (exact) mass is 426 g/mol. The van der Waals surface area contributed by atoms with Gasteiger partial charge in [0.05, 0.1) is 5.92 Å². The molecular formula is C22H29F3N2O3. The van der Waals surface area contributed by atoms with Crippen molar-refractivity contribution in [3.05, 3.63) is 29.3 Å². The lowest BCUT2D eigenvalue weighted by Gasteiger charge is -2.42. The number of benzene rings is 1. The average molecular weight is 426 g/mol. The van der Waals surface area contributed by atoms with Crippen LogP contribution < -0.4 is 4.74 Å². The summed E-state index contributed by atoms with van der Waals surface area (Å²) in [5.74, 6) is -1.92. The van der Waals surface area contributed by atoms with E-state index in [9.17, 15) is 23.1 Å². The van der Waals surface area contributed by atoms with Crippen molar-refractivity contribution >= 4 is 11.6 Å². The van der Waals surface area contributed by atoms with Crippen molar-refractivity contribution in [2.75, 3.05) is 6.61 Å². The molecule has 1 N–H and O–H groups in total. The van der Waals surface area contributed by atoms with Gasteiger partial charge in [-0.15, -0.1) is 0 Å². The Morgan fingerprint density at radius 1 is 1.23 bits per heavy atom. The number of hydrogen-bond donors (Lipinski definition) is 1. The summed E-state index contributed by atoms with van der Waals surface area (Å²) in [5.41, 5.74) is -1.51. The molecule has 0 spiro atoms. The van der Waals surface area contributed by atoms with Gasteiger partial charge in [-0.05, 0) is 67.7 Å². The third kappa shape index (κ3) is 4.06. The Balaban J connectivity index is 1.84. The van der Waals surface area contributed by atoms with E-state index < -0.39 is 30.3 Å². The van der Waals surface area contributed by atoms with E-state index in [-0.39, 0.29) is 28.5 Å². The molecule has 3 atom stereocenters. The molecule has 0 aromatic heterocycles. The molecule has 30 heavy (non-hydrogen) atoms. The fourth-order valence-corrected chi connectivity index (χ4v) is 4.48. The molecule has 3 rings (SSSR count). The summed E-state index contributed by atoms with van der Waals surface area (Å²) in [6, 6.07) is 5.31. The zero-order chi connectivity index (χ0) is 22.5. The number of carbonyl (C=O) groups excluding carboxylic acids is 1. The number of nitrogens with zero attached hydrogens (tertiary/aromatic N) is 2. The second-order valence-electron chi connectivity index (χ2n) is 9.52. The highest BCUT2D eigenvalue weighted by Gasteiger charge is 2.69. The van der Waals surface area contributed by atoms with Crippen LogP contribution in [0.4, 0.5) is 13.2 Å². The van der Waals surface area contributed by atoms with Gasteiger partial charge < -0.3 is 9.84 Å². The van der Waals surface area contributed by atoms with Crippen LogP contribution in [0.15, 0.2) is 23.3 Å². The highest BCUT2D eigenvalue weighted by atomic mass is 19.4. The van der Waals surface area contributed by atoms with Gasteiger partial charge in [0, 0.05) is 5.71 Å². The van der Waals surface area contributed by atoms with Crippen molar-refractivity contribution in [2.45, 2.75) is 65.8 Å². The van der Waals surface area contributed by atoms with Crippen molar-refractivity contribution < 1.29 is 27.8 Å². The molecule has 2 aliphatic rings. The van der Waals surface area contributed by atoms with E-state index in [1.54, 1.807) is 12.1 Å². The molecule has 166 valence electrons. The maximum absolute atomic E-state index is 14.1.